The van der Waals surface area contributed by atoms with Crippen LogP contribution in [0.2, 0.25) is 0 Å². The largest absolute Gasteiger partial charge is 0.497 e. The Labute approximate surface area is 152 Å². The SMILES string of the molecule is COCC(=O)N(CC(=O)NCC(=O)Nc1ccc(OC)cc1)CC1CC1. The summed E-state index contributed by atoms with van der Waals surface area (Å²) in [5, 5.41) is 5.21. The number of hydrogen-bond donors (Lipinski definition) is 2. The molecule has 0 spiro atoms. The number of anilines is 1. The van der Waals surface area contributed by atoms with E-state index in [9.17, 15) is 14.4 Å². The summed E-state index contributed by atoms with van der Waals surface area (Å²) in [6.07, 6.45) is 2.14. The Morgan fingerprint density at radius 2 is 1.81 bits per heavy atom. The Morgan fingerprint density at radius 3 is 2.38 bits per heavy atom. The molecule has 8 nitrogen and oxygen atoms in total. The topological polar surface area (TPSA) is 97.0 Å². The molecule has 0 atom stereocenters. The Kier molecular flexibility index (Phi) is 7.40. The average molecular weight is 363 g/mol. The molecule has 2 N–H and O–H groups in total. The lowest BCUT2D eigenvalue weighted by Crippen LogP contribution is -2.44. The molecule has 1 aromatic rings. The van der Waals surface area contributed by atoms with Crippen molar-refractivity contribution in [3.05, 3.63) is 24.3 Å². The van der Waals surface area contributed by atoms with Gasteiger partial charge in [0, 0.05) is 19.3 Å². The van der Waals surface area contributed by atoms with E-state index in [2.05, 4.69) is 10.6 Å². The van der Waals surface area contributed by atoms with Crippen LogP contribution in [0.25, 0.3) is 0 Å². The van der Waals surface area contributed by atoms with Crippen LogP contribution in [0.4, 0.5) is 5.69 Å². The Morgan fingerprint density at radius 1 is 1.12 bits per heavy atom. The standard InChI is InChI=1S/C18H25N3O5/c1-25-12-18(24)21(10-13-3-4-13)11-17(23)19-9-16(22)20-14-5-7-15(26-2)8-6-14/h5-8,13H,3-4,9-12H2,1-2H3,(H,19,23)(H,20,22). The van der Waals surface area contributed by atoms with E-state index < -0.39 is 0 Å². The molecule has 1 aromatic carbocycles. The van der Waals surface area contributed by atoms with Crippen LogP contribution in [-0.2, 0) is 19.1 Å². The highest BCUT2D eigenvalue weighted by atomic mass is 16.5. The summed E-state index contributed by atoms with van der Waals surface area (Å²) in [6, 6.07) is 6.87. The van der Waals surface area contributed by atoms with Gasteiger partial charge >= 0.3 is 0 Å². The monoisotopic (exact) mass is 363 g/mol. The zero-order valence-electron chi connectivity index (χ0n) is 15.1. The smallest absolute Gasteiger partial charge is 0.249 e. The maximum atomic E-state index is 12.1. The minimum atomic E-state index is -0.375. The van der Waals surface area contributed by atoms with Crippen molar-refractivity contribution in [2.24, 2.45) is 5.92 Å². The minimum absolute atomic E-state index is 0.0576. The van der Waals surface area contributed by atoms with Crippen LogP contribution in [0, 0.1) is 5.92 Å². The molecule has 0 bridgehead atoms. The van der Waals surface area contributed by atoms with E-state index in [0.29, 0.717) is 23.9 Å². The van der Waals surface area contributed by atoms with Crippen LogP contribution < -0.4 is 15.4 Å². The first-order valence-corrected chi connectivity index (χ1v) is 8.49. The Hall–Kier alpha value is -2.61. The van der Waals surface area contributed by atoms with Crippen LogP contribution >= 0.6 is 0 Å². The van der Waals surface area contributed by atoms with Crippen LogP contribution in [0.3, 0.4) is 0 Å². The number of carbonyl (C=O) groups excluding carboxylic acids is 3. The van der Waals surface area contributed by atoms with Crippen LogP contribution in [0.5, 0.6) is 5.75 Å². The van der Waals surface area contributed by atoms with Crippen molar-refractivity contribution < 1.29 is 23.9 Å². The number of amides is 3. The summed E-state index contributed by atoms with van der Waals surface area (Å²) in [5.74, 6) is 0.201. The first-order valence-electron chi connectivity index (χ1n) is 8.49. The van der Waals surface area contributed by atoms with Gasteiger partial charge in [0.2, 0.25) is 17.7 Å². The van der Waals surface area contributed by atoms with E-state index in [-0.39, 0.29) is 37.4 Å². The van der Waals surface area contributed by atoms with Crippen LogP contribution in [-0.4, -0.2) is 63.1 Å². The molecule has 1 aliphatic carbocycles. The highest BCUT2D eigenvalue weighted by Gasteiger charge is 2.27. The second kappa shape index (κ2) is 9.76. The third kappa shape index (κ3) is 6.72. The molecule has 2 rings (SSSR count). The van der Waals surface area contributed by atoms with Gasteiger partial charge in [0.1, 0.15) is 12.4 Å². The fourth-order valence-corrected chi connectivity index (χ4v) is 2.37. The number of nitrogens with one attached hydrogen (secondary N) is 2. The van der Waals surface area contributed by atoms with Gasteiger partial charge in [-0.15, -0.1) is 0 Å². The van der Waals surface area contributed by atoms with E-state index in [1.807, 2.05) is 0 Å². The fraction of sp³-hybridized carbons (Fsp3) is 0.500. The number of benzene rings is 1. The molecule has 0 heterocycles. The summed E-state index contributed by atoms with van der Waals surface area (Å²) in [5.41, 5.74) is 0.607. The van der Waals surface area contributed by atoms with Gasteiger partial charge in [-0.25, -0.2) is 0 Å². The van der Waals surface area contributed by atoms with E-state index in [1.54, 1.807) is 31.4 Å². The fourth-order valence-electron chi connectivity index (χ4n) is 2.37. The van der Waals surface area contributed by atoms with Gasteiger partial charge in [0.25, 0.3) is 0 Å². The molecular formula is C18H25N3O5. The molecule has 8 heteroatoms. The lowest BCUT2D eigenvalue weighted by molar-refractivity contribution is -0.139. The van der Waals surface area contributed by atoms with E-state index in [4.69, 9.17) is 9.47 Å². The lowest BCUT2D eigenvalue weighted by Gasteiger charge is -2.21. The predicted molar refractivity (Wildman–Crippen MR) is 95.8 cm³/mol. The first kappa shape index (κ1) is 19.7. The average Bonchev–Trinajstić information content (AvgIpc) is 3.44. The van der Waals surface area contributed by atoms with Gasteiger partial charge in [-0.3, -0.25) is 14.4 Å². The van der Waals surface area contributed by atoms with Crippen molar-refractivity contribution in [3.8, 4) is 5.75 Å². The summed E-state index contributed by atoms with van der Waals surface area (Å²) in [7, 11) is 3.00. The quantitative estimate of drug-likeness (QED) is 0.636. The number of methoxy groups -OCH3 is 2. The van der Waals surface area contributed by atoms with Crippen LogP contribution in [0.1, 0.15) is 12.8 Å². The molecule has 0 aliphatic heterocycles. The van der Waals surface area contributed by atoms with E-state index in [1.165, 1.54) is 12.0 Å². The second-order valence-corrected chi connectivity index (χ2v) is 6.20. The van der Waals surface area contributed by atoms with Crippen molar-refractivity contribution in [2.45, 2.75) is 12.8 Å². The number of rotatable bonds is 10. The summed E-state index contributed by atoms with van der Waals surface area (Å²) < 4.78 is 9.90. The van der Waals surface area contributed by atoms with Crippen molar-refractivity contribution in [3.63, 3.8) is 0 Å². The number of ether oxygens (including phenoxy) is 2. The molecule has 1 saturated carbocycles. The highest BCUT2D eigenvalue weighted by molar-refractivity contribution is 5.95. The highest BCUT2D eigenvalue weighted by Crippen LogP contribution is 2.29. The molecule has 0 radical (unpaired) electrons. The van der Waals surface area contributed by atoms with Crippen molar-refractivity contribution >= 4 is 23.4 Å². The van der Waals surface area contributed by atoms with Gasteiger partial charge in [-0.1, -0.05) is 0 Å². The lowest BCUT2D eigenvalue weighted by atomic mass is 10.3. The molecule has 26 heavy (non-hydrogen) atoms. The number of nitrogens with zero attached hydrogens (tertiary/aromatic N) is 1. The predicted octanol–water partition coefficient (Wildman–Crippen LogP) is 0.635. The number of hydrogen-bond acceptors (Lipinski definition) is 5. The molecule has 1 fully saturated rings. The molecule has 0 saturated heterocycles. The zero-order valence-corrected chi connectivity index (χ0v) is 15.1. The normalized spacial score (nSPS) is 13.0. The van der Waals surface area contributed by atoms with Gasteiger partial charge in [0.05, 0.1) is 20.2 Å². The van der Waals surface area contributed by atoms with Gasteiger partial charge in [-0.05, 0) is 43.0 Å². The second-order valence-electron chi connectivity index (χ2n) is 6.20. The molecule has 1 aliphatic rings. The van der Waals surface area contributed by atoms with E-state index >= 15 is 0 Å². The molecule has 142 valence electrons. The van der Waals surface area contributed by atoms with Gasteiger partial charge in [-0.2, -0.15) is 0 Å². The Balaban J connectivity index is 1.76. The minimum Gasteiger partial charge on any atom is -0.497 e. The van der Waals surface area contributed by atoms with Crippen molar-refractivity contribution in [1.82, 2.24) is 10.2 Å². The van der Waals surface area contributed by atoms with Gasteiger partial charge < -0.3 is 25.0 Å². The summed E-state index contributed by atoms with van der Waals surface area (Å²) in [4.78, 5) is 37.5. The molecule has 3 amide bonds. The summed E-state index contributed by atoms with van der Waals surface area (Å²) >= 11 is 0. The van der Waals surface area contributed by atoms with Crippen LogP contribution in [0.15, 0.2) is 24.3 Å². The Bertz CT molecular complexity index is 628. The van der Waals surface area contributed by atoms with Crippen molar-refractivity contribution in [1.29, 1.82) is 0 Å². The maximum absolute atomic E-state index is 12.1. The summed E-state index contributed by atoms with van der Waals surface area (Å²) in [6.45, 7) is 0.251. The van der Waals surface area contributed by atoms with E-state index in [0.717, 1.165) is 12.8 Å². The first-order chi connectivity index (χ1) is 12.5. The maximum Gasteiger partial charge on any atom is 0.249 e. The number of carbonyl (C=O) groups is 3. The van der Waals surface area contributed by atoms with Gasteiger partial charge in [0.15, 0.2) is 0 Å². The van der Waals surface area contributed by atoms with Crippen molar-refractivity contribution in [2.75, 3.05) is 45.8 Å². The molecular weight excluding hydrogens is 338 g/mol. The zero-order chi connectivity index (χ0) is 18.9. The third-order valence-corrected chi connectivity index (χ3v) is 3.95. The third-order valence-electron chi connectivity index (χ3n) is 3.95. The molecule has 0 unspecified atom stereocenters. The molecule has 0 aromatic heterocycles.